The van der Waals surface area contributed by atoms with Crippen molar-refractivity contribution in [1.29, 1.82) is 0 Å². The molecule has 0 aliphatic carbocycles. The zero-order valence-corrected chi connectivity index (χ0v) is 18.6. The first-order chi connectivity index (χ1) is 15.0. The van der Waals surface area contributed by atoms with Crippen LogP contribution in [0.3, 0.4) is 0 Å². The Balaban J connectivity index is 0.000000451. The third-order valence-corrected chi connectivity index (χ3v) is 5.53. The normalized spacial score (nSPS) is 23.1. The average Bonchev–Trinajstić information content (AvgIpc) is 3.11. The van der Waals surface area contributed by atoms with Crippen LogP contribution in [0, 0.1) is 6.92 Å². The average molecular weight is 460 g/mol. The lowest BCUT2D eigenvalue weighted by Gasteiger charge is -2.36. The van der Waals surface area contributed by atoms with Crippen LogP contribution in [-0.4, -0.2) is 85.1 Å². The maximum atomic E-state index is 11.6. The number of alkyl halides is 3. The number of carboxylic acid groups (broad SMARTS) is 1. The molecule has 0 bridgehead atoms. The molecular formula is C22H31F3N2O5. The van der Waals surface area contributed by atoms with Crippen LogP contribution in [-0.2, 0) is 25.6 Å². The number of hydrogen-bond donors (Lipinski definition) is 1. The zero-order valence-electron chi connectivity index (χ0n) is 18.6. The van der Waals surface area contributed by atoms with Gasteiger partial charge in [-0.25, -0.2) is 4.79 Å². The smallest absolute Gasteiger partial charge is 0.475 e. The highest BCUT2D eigenvalue weighted by Gasteiger charge is 2.40. The Morgan fingerprint density at radius 2 is 1.81 bits per heavy atom. The molecule has 1 N–H and O–H groups in total. The van der Waals surface area contributed by atoms with Crippen LogP contribution in [0.15, 0.2) is 24.3 Å². The van der Waals surface area contributed by atoms with Gasteiger partial charge in [0, 0.05) is 33.2 Å². The van der Waals surface area contributed by atoms with Crippen molar-refractivity contribution in [2.24, 2.45) is 0 Å². The Hall–Kier alpha value is -2.17. The van der Waals surface area contributed by atoms with Gasteiger partial charge in [0.05, 0.1) is 18.8 Å². The number of fused-ring (bicyclic) bond motifs is 1. The number of likely N-dealkylation sites (tertiary alicyclic amines) is 1. The molecule has 2 fully saturated rings. The zero-order chi connectivity index (χ0) is 23.9. The van der Waals surface area contributed by atoms with Crippen molar-refractivity contribution in [3.8, 4) is 0 Å². The Kier molecular flexibility index (Phi) is 9.47. The van der Waals surface area contributed by atoms with Crippen LogP contribution in [0.25, 0.3) is 0 Å². The maximum Gasteiger partial charge on any atom is 0.490 e. The first-order valence-electron chi connectivity index (χ1n) is 10.5. The van der Waals surface area contributed by atoms with Crippen molar-refractivity contribution in [3.63, 3.8) is 0 Å². The number of halogens is 3. The minimum absolute atomic E-state index is 0.00109. The monoisotopic (exact) mass is 460 g/mol. The molecule has 10 heteroatoms. The number of ether oxygens (including phenoxy) is 2. The van der Waals surface area contributed by atoms with Gasteiger partial charge in [0.2, 0.25) is 5.91 Å². The number of aliphatic carboxylic acids is 1. The summed E-state index contributed by atoms with van der Waals surface area (Å²) in [6, 6.07) is 9.34. The lowest BCUT2D eigenvalue weighted by molar-refractivity contribution is -0.192. The molecule has 2 heterocycles. The summed E-state index contributed by atoms with van der Waals surface area (Å²) in [5.41, 5.74) is 2.68. The van der Waals surface area contributed by atoms with Crippen molar-refractivity contribution < 1.29 is 37.3 Å². The van der Waals surface area contributed by atoms with Crippen molar-refractivity contribution >= 4 is 11.9 Å². The van der Waals surface area contributed by atoms with Crippen LogP contribution in [0.4, 0.5) is 13.2 Å². The molecule has 0 aromatic heterocycles. The maximum absolute atomic E-state index is 11.6. The van der Waals surface area contributed by atoms with Crippen molar-refractivity contribution in [3.05, 3.63) is 35.4 Å². The van der Waals surface area contributed by atoms with E-state index in [0.29, 0.717) is 18.8 Å². The van der Waals surface area contributed by atoms with Gasteiger partial charge in [-0.1, -0.05) is 29.8 Å². The summed E-state index contributed by atoms with van der Waals surface area (Å²) >= 11 is 0. The largest absolute Gasteiger partial charge is 0.490 e. The van der Waals surface area contributed by atoms with E-state index in [1.54, 1.807) is 19.0 Å². The van der Waals surface area contributed by atoms with Gasteiger partial charge >= 0.3 is 12.1 Å². The summed E-state index contributed by atoms with van der Waals surface area (Å²) in [6.07, 6.45) is -1.43. The van der Waals surface area contributed by atoms with Gasteiger partial charge in [-0.15, -0.1) is 0 Å². The predicted octanol–water partition coefficient (Wildman–Crippen LogP) is 2.86. The second-order valence-corrected chi connectivity index (χ2v) is 8.29. The predicted molar refractivity (Wildman–Crippen MR) is 111 cm³/mol. The van der Waals surface area contributed by atoms with E-state index < -0.39 is 12.1 Å². The molecule has 180 valence electrons. The Labute approximate surface area is 186 Å². The molecular weight excluding hydrogens is 429 g/mol. The molecule has 0 saturated carbocycles. The summed E-state index contributed by atoms with van der Waals surface area (Å²) in [4.78, 5) is 24.6. The van der Waals surface area contributed by atoms with Crippen LogP contribution in [0.2, 0.25) is 0 Å². The first kappa shape index (κ1) is 26.1. The number of benzene rings is 1. The molecule has 2 saturated heterocycles. The molecule has 2 aliphatic rings. The van der Waals surface area contributed by atoms with E-state index in [-0.39, 0.29) is 18.6 Å². The fraction of sp³-hybridized carbons (Fsp3) is 0.636. The van der Waals surface area contributed by atoms with Gasteiger partial charge in [0.15, 0.2) is 0 Å². The van der Waals surface area contributed by atoms with Crippen molar-refractivity contribution in [1.82, 2.24) is 9.80 Å². The third kappa shape index (κ3) is 8.07. The van der Waals surface area contributed by atoms with E-state index in [9.17, 15) is 18.0 Å². The van der Waals surface area contributed by atoms with Crippen LogP contribution < -0.4 is 0 Å². The summed E-state index contributed by atoms with van der Waals surface area (Å²) in [6.45, 7) is 4.87. The van der Waals surface area contributed by atoms with E-state index >= 15 is 0 Å². The standard InChI is InChI=1S/C20H30N2O3.C2HF3O2/c1-15-4-6-16(7-5-15)12-22-11-10-19-18(22)9-8-17(25-19)13-24-14-20(23)21(2)3;3-2(4,5)1(6)7/h4-7,17-19H,8-14H2,1-3H3;(H,6,7)/t17?,18-,19-;/m0./s1. The molecule has 1 aromatic carbocycles. The van der Waals surface area contributed by atoms with Gasteiger partial charge < -0.3 is 19.5 Å². The van der Waals surface area contributed by atoms with E-state index in [4.69, 9.17) is 19.4 Å². The number of carbonyl (C=O) groups excluding carboxylic acids is 1. The number of amides is 1. The third-order valence-electron chi connectivity index (χ3n) is 5.53. The molecule has 0 spiro atoms. The molecule has 2 aliphatic heterocycles. The van der Waals surface area contributed by atoms with Gasteiger partial charge in [-0.05, 0) is 31.7 Å². The van der Waals surface area contributed by atoms with Crippen molar-refractivity contribution in [2.75, 3.05) is 33.9 Å². The Bertz CT molecular complexity index is 755. The van der Waals surface area contributed by atoms with E-state index in [1.807, 2.05) is 0 Å². The SMILES string of the molecule is Cc1ccc(CN2CC[C@@H]3OC(COCC(=O)N(C)C)CC[C@@H]32)cc1.O=C(O)C(F)(F)F. The van der Waals surface area contributed by atoms with E-state index in [1.165, 1.54) is 11.1 Å². The number of carboxylic acids is 1. The van der Waals surface area contributed by atoms with Gasteiger partial charge in [0.1, 0.15) is 6.61 Å². The topological polar surface area (TPSA) is 79.3 Å². The minimum Gasteiger partial charge on any atom is -0.475 e. The molecule has 1 aromatic rings. The number of likely N-dealkylation sites (N-methyl/N-ethyl adjacent to an activating group) is 1. The number of aryl methyl sites for hydroxylation is 1. The summed E-state index contributed by atoms with van der Waals surface area (Å²) in [7, 11) is 3.49. The molecule has 0 radical (unpaired) electrons. The number of nitrogens with zero attached hydrogens (tertiary/aromatic N) is 2. The Morgan fingerprint density at radius 1 is 1.19 bits per heavy atom. The quantitative estimate of drug-likeness (QED) is 0.704. The molecule has 3 atom stereocenters. The number of rotatable bonds is 6. The van der Waals surface area contributed by atoms with E-state index in [2.05, 4.69) is 36.1 Å². The van der Waals surface area contributed by atoms with Crippen LogP contribution in [0.1, 0.15) is 30.4 Å². The second kappa shape index (κ2) is 11.6. The minimum atomic E-state index is -5.08. The highest BCUT2D eigenvalue weighted by molar-refractivity contribution is 5.76. The van der Waals surface area contributed by atoms with Crippen LogP contribution >= 0.6 is 0 Å². The highest BCUT2D eigenvalue weighted by Crippen LogP contribution is 2.32. The molecule has 3 rings (SSSR count). The van der Waals surface area contributed by atoms with Crippen molar-refractivity contribution in [2.45, 2.75) is 57.2 Å². The van der Waals surface area contributed by atoms with Gasteiger partial charge in [-0.2, -0.15) is 13.2 Å². The molecule has 32 heavy (non-hydrogen) atoms. The highest BCUT2D eigenvalue weighted by atomic mass is 19.4. The Morgan fingerprint density at radius 3 is 2.38 bits per heavy atom. The molecule has 1 amide bonds. The number of hydrogen-bond acceptors (Lipinski definition) is 5. The lowest BCUT2D eigenvalue weighted by Crippen LogP contribution is -2.43. The summed E-state index contributed by atoms with van der Waals surface area (Å²) in [5, 5.41) is 7.12. The first-order valence-corrected chi connectivity index (χ1v) is 10.5. The van der Waals surface area contributed by atoms with Gasteiger partial charge in [0.25, 0.3) is 0 Å². The van der Waals surface area contributed by atoms with Crippen LogP contribution in [0.5, 0.6) is 0 Å². The summed E-state index contributed by atoms with van der Waals surface area (Å²) < 4.78 is 43.5. The summed E-state index contributed by atoms with van der Waals surface area (Å²) in [5.74, 6) is -2.76. The van der Waals surface area contributed by atoms with Gasteiger partial charge in [-0.3, -0.25) is 9.69 Å². The molecule has 1 unspecified atom stereocenters. The van der Waals surface area contributed by atoms with E-state index in [0.717, 1.165) is 32.4 Å². The molecule has 7 nitrogen and oxygen atoms in total. The fourth-order valence-corrected chi connectivity index (χ4v) is 3.74. The fourth-order valence-electron chi connectivity index (χ4n) is 3.74. The second-order valence-electron chi connectivity index (χ2n) is 8.29. The number of carbonyl (C=O) groups is 2. The lowest BCUT2D eigenvalue weighted by atomic mass is 9.99.